The van der Waals surface area contributed by atoms with Crippen LogP contribution >= 0.6 is 43.2 Å². The van der Waals surface area contributed by atoms with Crippen LogP contribution in [0.2, 0.25) is 0 Å². The predicted molar refractivity (Wildman–Crippen MR) is 158 cm³/mol. The van der Waals surface area contributed by atoms with Crippen LogP contribution in [-0.2, 0) is 6.42 Å². The van der Waals surface area contributed by atoms with E-state index in [1.54, 1.807) is 11.0 Å². The van der Waals surface area contributed by atoms with Crippen molar-refractivity contribution in [3.63, 3.8) is 0 Å². The van der Waals surface area contributed by atoms with Crippen LogP contribution in [0.3, 0.4) is 0 Å². The van der Waals surface area contributed by atoms with E-state index in [0.717, 1.165) is 17.8 Å². The van der Waals surface area contributed by atoms with Gasteiger partial charge in [-0.15, -0.1) is 20.6 Å². The molecule has 2 aliphatic heterocycles. The van der Waals surface area contributed by atoms with Crippen molar-refractivity contribution in [2.75, 3.05) is 24.5 Å². The summed E-state index contributed by atoms with van der Waals surface area (Å²) in [6.07, 6.45) is 5.03. The van der Waals surface area contributed by atoms with Crippen molar-refractivity contribution in [2.24, 2.45) is 5.73 Å². The lowest BCUT2D eigenvalue weighted by Gasteiger charge is -2.27. The van der Waals surface area contributed by atoms with E-state index in [9.17, 15) is 14.4 Å². The molecular weight excluding hydrogens is 640 g/mol. The lowest BCUT2D eigenvalue weighted by atomic mass is 10.1. The van der Waals surface area contributed by atoms with Crippen molar-refractivity contribution in [1.29, 1.82) is 5.26 Å². The predicted octanol–water partition coefficient (Wildman–Crippen LogP) is 5.35. The highest BCUT2D eigenvalue weighted by atomic mass is 127. The van der Waals surface area contributed by atoms with Crippen molar-refractivity contribution >= 4 is 54.9 Å². The van der Waals surface area contributed by atoms with E-state index in [1.165, 1.54) is 4.90 Å². The largest absolute Gasteiger partial charge is 0.401 e. The Hall–Kier alpha value is -2.42. The van der Waals surface area contributed by atoms with Gasteiger partial charge in [-0.2, -0.15) is 9.65 Å². The number of hydrogen-bond acceptors (Lipinski definition) is 7. The van der Waals surface area contributed by atoms with E-state index in [1.807, 2.05) is 12.2 Å². The van der Waals surface area contributed by atoms with Gasteiger partial charge in [-0.3, -0.25) is 4.79 Å². The van der Waals surface area contributed by atoms with E-state index in [2.05, 4.69) is 61.4 Å². The fourth-order valence-electron chi connectivity index (χ4n) is 4.32. The molecule has 4 rings (SSSR count). The van der Waals surface area contributed by atoms with Gasteiger partial charge in [-0.05, 0) is 47.2 Å². The summed E-state index contributed by atoms with van der Waals surface area (Å²) in [7, 11) is 2.72. The zero-order chi connectivity index (χ0) is 27.6. The molecule has 1 fully saturated rings. The number of nitrogens with zero attached hydrogens (tertiary/aromatic N) is 5. The van der Waals surface area contributed by atoms with Gasteiger partial charge in [0.05, 0.1) is 32.6 Å². The molecule has 0 spiro atoms. The van der Waals surface area contributed by atoms with Gasteiger partial charge in [0.1, 0.15) is 27.9 Å². The standard InChI is InChI=1S/C26H28F2IN6OPS/c1-14(37)5-3-4-6-20(31)18(12-30)15(2)35-10-8-21-22(26(35)36)38-25(32-21)17-11-19(29)24(33-23(17)28)34-9-7-16(27)13-34/h3-4,11,14,16H,2,5-10,13,31,37H2,1H3/b4-3-,20-18+. The molecule has 2 aromatic heterocycles. The fraction of sp³-hybridized carbons (Fsp3) is 0.385. The van der Waals surface area contributed by atoms with Gasteiger partial charge in [0, 0.05) is 31.6 Å². The van der Waals surface area contributed by atoms with Gasteiger partial charge in [0.25, 0.3) is 5.91 Å². The van der Waals surface area contributed by atoms with Gasteiger partial charge >= 0.3 is 0 Å². The summed E-state index contributed by atoms with van der Waals surface area (Å²) in [5.41, 5.74) is 8.15. The molecule has 2 N–H and O–H groups in total. The Kier molecular flexibility index (Phi) is 9.16. The highest BCUT2D eigenvalue weighted by Gasteiger charge is 2.33. The molecule has 38 heavy (non-hydrogen) atoms. The highest BCUT2D eigenvalue weighted by molar-refractivity contribution is 14.1. The van der Waals surface area contributed by atoms with Crippen LogP contribution in [0.15, 0.2) is 41.8 Å². The second kappa shape index (κ2) is 12.2. The SMILES string of the molecule is C=C(/C(C#N)=C(/N)C/C=C\CC(C)P)N1CCc2nc(-c3cc(I)c(N4CCC(F)C4)nc3F)sc2C1=O. The lowest BCUT2D eigenvalue weighted by Crippen LogP contribution is -2.36. The molecule has 4 heterocycles. The summed E-state index contributed by atoms with van der Waals surface area (Å²) < 4.78 is 29.4. The molecule has 0 bridgehead atoms. The Labute approximate surface area is 240 Å². The van der Waals surface area contributed by atoms with E-state index in [0.29, 0.717) is 62.1 Å². The summed E-state index contributed by atoms with van der Waals surface area (Å²) >= 11 is 3.15. The first-order valence-corrected chi connectivity index (χ1v) is 14.7. The number of pyridine rings is 1. The molecule has 0 radical (unpaired) electrons. The minimum Gasteiger partial charge on any atom is -0.401 e. The number of carbonyl (C=O) groups is 1. The Bertz CT molecular complexity index is 1370. The normalized spacial score (nSPS) is 18.9. The number of aromatic nitrogens is 2. The molecule has 3 unspecified atom stereocenters. The molecule has 2 aliphatic rings. The number of alkyl halides is 1. The Morgan fingerprint density at radius 2 is 2.21 bits per heavy atom. The number of fused-ring (bicyclic) bond motifs is 1. The maximum Gasteiger partial charge on any atom is 0.270 e. The zero-order valence-corrected chi connectivity index (χ0v) is 25.0. The maximum absolute atomic E-state index is 15.1. The van der Waals surface area contributed by atoms with E-state index < -0.39 is 12.1 Å². The van der Waals surface area contributed by atoms with Crippen LogP contribution in [0.4, 0.5) is 14.6 Å². The number of rotatable bonds is 8. The third-order valence-electron chi connectivity index (χ3n) is 6.34. The summed E-state index contributed by atoms with van der Waals surface area (Å²) in [6, 6.07) is 3.73. The topological polar surface area (TPSA) is 99.1 Å². The summed E-state index contributed by atoms with van der Waals surface area (Å²) in [4.78, 5) is 25.6. The minimum absolute atomic E-state index is 0.174. The third-order valence-corrected chi connectivity index (χ3v) is 8.53. The number of anilines is 1. The number of nitrogens with two attached hydrogens (primary N) is 1. The first-order valence-electron chi connectivity index (χ1n) is 12.2. The molecule has 7 nitrogen and oxygen atoms in total. The van der Waals surface area contributed by atoms with E-state index >= 15 is 4.39 Å². The number of thiazole rings is 1. The van der Waals surface area contributed by atoms with Crippen molar-refractivity contribution in [2.45, 2.75) is 44.4 Å². The van der Waals surface area contributed by atoms with E-state index in [-0.39, 0.29) is 35.8 Å². The van der Waals surface area contributed by atoms with Crippen molar-refractivity contribution in [3.8, 4) is 16.6 Å². The number of halogens is 3. The summed E-state index contributed by atoms with van der Waals surface area (Å²) in [5, 5.41) is 10.1. The second-order valence-electron chi connectivity index (χ2n) is 9.31. The zero-order valence-electron chi connectivity index (χ0n) is 20.9. The molecule has 200 valence electrons. The molecule has 12 heteroatoms. The smallest absolute Gasteiger partial charge is 0.270 e. The number of hydrogen-bond donors (Lipinski definition) is 1. The minimum atomic E-state index is -0.947. The van der Waals surface area contributed by atoms with Crippen LogP contribution in [-0.4, -0.2) is 52.2 Å². The van der Waals surface area contributed by atoms with Crippen LogP contribution < -0.4 is 10.6 Å². The number of carbonyl (C=O) groups excluding carboxylic acids is 1. The molecule has 2 aromatic rings. The van der Waals surface area contributed by atoms with Gasteiger partial charge < -0.3 is 15.5 Å². The molecule has 1 saturated heterocycles. The second-order valence-corrected chi connectivity index (χ2v) is 12.6. The highest BCUT2D eigenvalue weighted by Crippen LogP contribution is 2.37. The van der Waals surface area contributed by atoms with Gasteiger partial charge in [0.2, 0.25) is 5.95 Å². The van der Waals surface area contributed by atoms with Crippen LogP contribution in [0.5, 0.6) is 0 Å². The van der Waals surface area contributed by atoms with Crippen molar-refractivity contribution in [3.05, 3.63) is 61.9 Å². The average molecular weight is 668 g/mol. The molecule has 3 atom stereocenters. The molecular formula is C26H28F2IN6OPS. The quantitative estimate of drug-likeness (QED) is 0.102. The maximum atomic E-state index is 15.1. The van der Waals surface area contributed by atoms with E-state index in [4.69, 9.17) is 5.73 Å². The van der Waals surface area contributed by atoms with Gasteiger partial charge in [0.15, 0.2) is 0 Å². The van der Waals surface area contributed by atoms with Crippen LogP contribution in [0, 0.1) is 20.8 Å². The first kappa shape index (κ1) is 28.6. The monoisotopic (exact) mass is 668 g/mol. The van der Waals surface area contributed by atoms with Crippen molar-refractivity contribution < 1.29 is 13.6 Å². The third kappa shape index (κ3) is 6.08. The first-order chi connectivity index (χ1) is 18.1. The van der Waals surface area contributed by atoms with Gasteiger partial charge in [-0.25, -0.2) is 14.4 Å². The number of amides is 1. The Morgan fingerprint density at radius 1 is 1.45 bits per heavy atom. The van der Waals surface area contributed by atoms with Gasteiger partial charge in [-0.1, -0.05) is 25.7 Å². The summed E-state index contributed by atoms with van der Waals surface area (Å²) in [6.45, 7) is 7.03. The number of allylic oxidation sites excluding steroid dienone is 3. The molecule has 0 aliphatic carbocycles. The van der Waals surface area contributed by atoms with Crippen LogP contribution in [0.25, 0.3) is 10.6 Å². The lowest BCUT2D eigenvalue weighted by molar-refractivity contribution is 0.0800. The Morgan fingerprint density at radius 3 is 2.87 bits per heavy atom. The number of nitriles is 1. The fourth-order valence-corrected chi connectivity index (χ4v) is 6.32. The molecule has 0 saturated carbocycles. The Balaban J connectivity index is 1.56. The summed E-state index contributed by atoms with van der Waals surface area (Å²) in [5.74, 6) is -0.647. The average Bonchev–Trinajstić information content (AvgIpc) is 3.50. The van der Waals surface area contributed by atoms with Crippen molar-refractivity contribution in [1.82, 2.24) is 14.9 Å². The molecule has 0 aromatic carbocycles. The molecule has 1 amide bonds. The van der Waals surface area contributed by atoms with Crippen LogP contribution in [0.1, 0.15) is 41.6 Å².